The van der Waals surface area contributed by atoms with Crippen LogP contribution >= 0.6 is 11.6 Å². The van der Waals surface area contributed by atoms with Crippen LogP contribution in [0.5, 0.6) is 5.75 Å². The molecular weight excluding hydrogens is 330 g/mol. The van der Waals surface area contributed by atoms with E-state index in [4.69, 9.17) is 26.0 Å². The van der Waals surface area contributed by atoms with Gasteiger partial charge >= 0.3 is 5.97 Å². The van der Waals surface area contributed by atoms with Crippen LogP contribution in [-0.2, 0) is 11.2 Å². The number of aryl methyl sites for hydroxylation is 1. The molecule has 0 radical (unpaired) electrons. The van der Waals surface area contributed by atoms with Crippen molar-refractivity contribution in [3.05, 3.63) is 58.7 Å². The number of hydrogen-bond acceptors (Lipinski definition) is 4. The number of aromatic nitrogens is 1. The summed E-state index contributed by atoms with van der Waals surface area (Å²) in [6.07, 6.45) is 0.109. The van der Waals surface area contributed by atoms with Crippen molar-refractivity contribution in [1.29, 1.82) is 0 Å². The first-order chi connectivity index (χ1) is 11.5. The van der Waals surface area contributed by atoms with Crippen LogP contribution in [0, 0.1) is 0 Å². The fourth-order valence-electron chi connectivity index (χ4n) is 2.47. The molecule has 1 N–H and O–H groups in total. The minimum Gasteiger partial charge on any atom is -0.484 e. The Balaban J connectivity index is 1.85. The number of carboxylic acids is 1. The van der Waals surface area contributed by atoms with Crippen LogP contribution < -0.4 is 4.74 Å². The van der Waals surface area contributed by atoms with Gasteiger partial charge in [-0.05, 0) is 18.6 Å². The van der Waals surface area contributed by atoms with Crippen LogP contribution in [0.3, 0.4) is 0 Å². The summed E-state index contributed by atoms with van der Waals surface area (Å²) in [6.45, 7) is 1.94. The number of fused-ring (bicyclic) bond motifs is 1. The predicted octanol–water partition coefficient (Wildman–Crippen LogP) is 4.64. The highest BCUT2D eigenvalue weighted by Crippen LogP contribution is 2.34. The van der Waals surface area contributed by atoms with Gasteiger partial charge in [0, 0.05) is 17.9 Å². The van der Waals surface area contributed by atoms with E-state index in [1.54, 1.807) is 12.1 Å². The molecule has 0 bridgehead atoms. The lowest BCUT2D eigenvalue weighted by Crippen LogP contribution is -2.03. The molecule has 0 aliphatic carbocycles. The first-order valence-corrected chi connectivity index (χ1v) is 7.93. The summed E-state index contributed by atoms with van der Waals surface area (Å²) >= 11 is 6.32. The second kappa shape index (κ2) is 6.93. The van der Waals surface area contributed by atoms with Crippen molar-refractivity contribution in [2.75, 3.05) is 0 Å². The second-order valence-electron chi connectivity index (χ2n) is 5.47. The lowest BCUT2D eigenvalue weighted by Gasteiger charge is -2.16. The molecule has 1 unspecified atom stereocenters. The smallest absolute Gasteiger partial charge is 0.303 e. The molecular formula is C18H16ClNO4. The first-order valence-electron chi connectivity index (χ1n) is 7.56. The Hall–Kier alpha value is -2.53. The summed E-state index contributed by atoms with van der Waals surface area (Å²) in [7, 11) is 0. The van der Waals surface area contributed by atoms with E-state index in [0.29, 0.717) is 33.9 Å². The van der Waals surface area contributed by atoms with Crippen molar-refractivity contribution in [3.8, 4) is 5.75 Å². The van der Waals surface area contributed by atoms with Crippen molar-refractivity contribution in [2.24, 2.45) is 0 Å². The highest BCUT2D eigenvalue weighted by molar-refractivity contribution is 6.32. The average molecular weight is 346 g/mol. The summed E-state index contributed by atoms with van der Waals surface area (Å²) in [5.41, 5.74) is 2.14. The Morgan fingerprint density at radius 1 is 1.33 bits per heavy atom. The topological polar surface area (TPSA) is 72.6 Å². The molecule has 0 aliphatic heterocycles. The molecule has 3 rings (SSSR count). The van der Waals surface area contributed by atoms with Crippen molar-refractivity contribution in [2.45, 2.75) is 25.9 Å². The fraction of sp³-hybridized carbons (Fsp3) is 0.222. The molecule has 0 fully saturated rings. The molecule has 2 aromatic carbocycles. The highest BCUT2D eigenvalue weighted by atomic mass is 35.5. The van der Waals surface area contributed by atoms with E-state index in [2.05, 4.69) is 5.16 Å². The van der Waals surface area contributed by atoms with Crippen LogP contribution in [-0.4, -0.2) is 16.2 Å². The van der Waals surface area contributed by atoms with Crippen LogP contribution in [0.15, 0.2) is 47.0 Å². The van der Waals surface area contributed by atoms with Gasteiger partial charge in [0.1, 0.15) is 11.9 Å². The van der Waals surface area contributed by atoms with Gasteiger partial charge in [0.05, 0.1) is 17.1 Å². The number of carboxylic acid groups (broad SMARTS) is 1. The van der Waals surface area contributed by atoms with Gasteiger partial charge in [-0.3, -0.25) is 4.79 Å². The molecule has 1 aromatic heterocycles. The number of aliphatic carboxylic acids is 1. The lowest BCUT2D eigenvalue weighted by atomic mass is 10.1. The molecule has 1 atom stereocenters. The SMILES string of the molecule is CC(Oc1cc2onc(CCC(=O)O)c2cc1Cl)c1ccccc1. The maximum atomic E-state index is 10.7. The Labute approximate surface area is 143 Å². The number of nitrogens with zero attached hydrogens (tertiary/aromatic N) is 1. The van der Waals surface area contributed by atoms with Crippen molar-refractivity contribution >= 4 is 28.5 Å². The third-order valence-electron chi connectivity index (χ3n) is 3.75. The molecule has 0 spiro atoms. The summed E-state index contributed by atoms with van der Waals surface area (Å²) in [5, 5.41) is 13.9. The zero-order valence-electron chi connectivity index (χ0n) is 13.0. The molecule has 1 heterocycles. The highest BCUT2D eigenvalue weighted by Gasteiger charge is 2.16. The Kier molecular flexibility index (Phi) is 4.71. The molecule has 24 heavy (non-hydrogen) atoms. The number of halogens is 1. The van der Waals surface area contributed by atoms with Gasteiger partial charge in [-0.15, -0.1) is 0 Å². The maximum Gasteiger partial charge on any atom is 0.303 e. The third-order valence-corrected chi connectivity index (χ3v) is 4.04. The summed E-state index contributed by atoms with van der Waals surface area (Å²) in [6, 6.07) is 13.2. The van der Waals surface area contributed by atoms with E-state index in [9.17, 15) is 4.79 Å². The minimum absolute atomic E-state index is 0.0114. The van der Waals surface area contributed by atoms with Crippen molar-refractivity contribution in [3.63, 3.8) is 0 Å². The molecule has 0 aliphatic rings. The fourth-order valence-corrected chi connectivity index (χ4v) is 2.68. The molecule has 0 saturated carbocycles. The molecule has 0 saturated heterocycles. The minimum atomic E-state index is -0.881. The average Bonchev–Trinajstić information content (AvgIpc) is 2.96. The van der Waals surface area contributed by atoms with Crippen LogP contribution in [0.1, 0.15) is 30.7 Å². The normalized spacial score (nSPS) is 12.2. The predicted molar refractivity (Wildman–Crippen MR) is 90.5 cm³/mol. The van der Waals surface area contributed by atoms with E-state index >= 15 is 0 Å². The van der Waals surface area contributed by atoms with Gasteiger partial charge in [-0.1, -0.05) is 47.1 Å². The van der Waals surface area contributed by atoms with Gasteiger partial charge in [0.25, 0.3) is 0 Å². The van der Waals surface area contributed by atoms with E-state index < -0.39 is 5.97 Å². The van der Waals surface area contributed by atoms with Gasteiger partial charge in [-0.25, -0.2) is 0 Å². The molecule has 0 amide bonds. The number of ether oxygens (including phenoxy) is 1. The number of benzene rings is 2. The van der Waals surface area contributed by atoms with Crippen LogP contribution in [0.2, 0.25) is 5.02 Å². The van der Waals surface area contributed by atoms with Crippen molar-refractivity contribution < 1.29 is 19.2 Å². The molecule has 3 aromatic rings. The van der Waals surface area contributed by atoms with E-state index in [1.807, 2.05) is 37.3 Å². The zero-order chi connectivity index (χ0) is 17.1. The molecule has 124 valence electrons. The Bertz CT molecular complexity index is 860. The third kappa shape index (κ3) is 3.51. The number of hydrogen-bond donors (Lipinski definition) is 1. The quantitative estimate of drug-likeness (QED) is 0.704. The van der Waals surface area contributed by atoms with E-state index in [-0.39, 0.29) is 12.5 Å². The summed E-state index contributed by atoms with van der Waals surface area (Å²) in [5.74, 6) is -0.379. The maximum absolute atomic E-state index is 10.7. The zero-order valence-corrected chi connectivity index (χ0v) is 13.8. The first kappa shape index (κ1) is 16.3. The van der Waals surface area contributed by atoms with Gasteiger partial charge < -0.3 is 14.4 Å². The summed E-state index contributed by atoms with van der Waals surface area (Å²) < 4.78 is 11.2. The van der Waals surface area contributed by atoms with Crippen molar-refractivity contribution in [1.82, 2.24) is 5.16 Å². The summed E-state index contributed by atoms with van der Waals surface area (Å²) in [4.78, 5) is 10.7. The van der Waals surface area contributed by atoms with Crippen LogP contribution in [0.4, 0.5) is 0 Å². The van der Waals surface area contributed by atoms with Gasteiger partial charge in [0.15, 0.2) is 5.58 Å². The Morgan fingerprint density at radius 2 is 2.08 bits per heavy atom. The van der Waals surface area contributed by atoms with Crippen LogP contribution in [0.25, 0.3) is 11.0 Å². The largest absolute Gasteiger partial charge is 0.484 e. The number of rotatable bonds is 6. The van der Waals surface area contributed by atoms with E-state index in [1.165, 1.54) is 0 Å². The molecule has 5 nitrogen and oxygen atoms in total. The second-order valence-corrected chi connectivity index (χ2v) is 5.88. The number of carbonyl (C=O) groups is 1. The molecule has 6 heteroatoms. The van der Waals surface area contributed by atoms with Gasteiger partial charge in [-0.2, -0.15) is 0 Å². The lowest BCUT2D eigenvalue weighted by molar-refractivity contribution is -0.136. The standard InChI is InChI=1S/C18H16ClNO4/c1-11(12-5-3-2-4-6-12)23-17-10-16-13(9-14(17)19)15(20-24-16)7-8-18(21)22/h2-6,9-11H,7-8H2,1H3,(H,21,22). The monoisotopic (exact) mass is 345 g/mol. The van der Waals surface area contributed by atoms with Gasteiger partial charge in [0.2, 0.25) is 0 Å². The Morgan fingerprint density at radius 3 is 2.79 bits per heavy atom. The van der Waals surface area contributed by atoms with E-state index in [0.717, 1.165) is 5.56 Å².